The molecule has 0 aliphatic rings. The van der Waals surface area contributed by atoms with E-state index in [0.717, 1.165) is 17.2 Å². The number of hydrogen-bond acceptors (Lipinski definition) is 3. The topological polar surface area (TPSA) is 61.4 Å². The molecule has 32 heavy (non-hydrogen) atoms. The highest BCUT2D eigenvalue weighted by molar-refractivity contribution is 5.76. The van der Waals surface area contributed by atoms with Crippen molar-refractivity contribution in [3.8, 4) is 0 Å². The highest BCUT2D eigenvalue weighted by Crippen LogP contribution is 2.13. The number of halogens is 2. The van der Waals surface area contributed by atoms with Gasteiger partial charge >= 0.3 is 0 Å². The Kier molecular flexibility index (Phi) is 8.90. The number of aliphatic hydroxyl groups is 1. The van der Waals surface area contributed by atoms with E-state index in [9.17, 15) is 18.7 Å². The number of rotatable bonds is 11. The number of aliphatic hydroxyl groups excluding tert-OH is 1. The SMILES string of the molecule is O=C(CCc1ccccc1)N[C@@H](Cc1cc(F)cc(F)c1)[C@@H](O)CNCc1ccccc1. The molecule has 0 fully saturated rings. The molecular formula is C26H28F2N2O2. The lowest BCUT2D eigenvalue weighted by molar-refractivity contribution is -0.122. The van der Waals surface area contributed by atoms with Gasteiger partial charge in [0, 0.05) is 25.6 Å². The van der Waals surface area contributed by atoms with Gasteiger partial charge in [-0.3, -0.25) is 4.79 Å². The number of nitrogens with one attached hydrogen (secondary N) is 2. The van der Waals surface area contributed by atoms with Crippen LogP contribution in [0.4, 0.5) is 8.78 Å². The third kappa shape index (κ3) is 7.87. The van der Waals surface area contributed by atoms with E-state index in [2.05, 4.69) is 10.6 Å². The number of benzene rings is 3. The molecule has 1 amide bonds. The minimum absolute atomic E-state index is 0.111. The van der Waals surface area contributed by atoms with Crippen molar-refractivity contribution in [2.24, 2.45) is 0 Å². The van der Waals surface area contributed by atoms with Gasteiger partial charge in [0.1, 0.15) is 11.6 Å². The molecule has 0 bridgehead atoms. The standard InChI is InChI=1S/C26H28F2N2O2/c27-22-13-21(14-23(28)16-22)15-24(25(31)18-29-17-20-9-5-2-6-10-20)30-26(32)12-11-19-7-3-1-4-8-19/h1-10,13-14,16,24-25,29,31H,11-12,15,17-18H2,(H,30,32)/t24-,25-/m0/s1. The molecule has 2 atom stereocenters. The van der Waals surface area contributed by atoms with E-state index in [1.54, 1.807) is 0 Å². The molecule has 3 aromatic rings. The molecule has 3 aromatic carbocycles. The predicted molar refractivity (Wildman–Crippen MR) is 121 cm³/mol. The molecule has 3 rings (SSSR count). The Labute approximate surface area is 187 Å². The van der Waals surface area contributed by atoms with E-state index in [1.165, 1.54) is 12.1 Å². The second-order valence-corrected chi connectivity index (χ2v) is 7.83. The summed E-state index contributed by atoms with van der Waals surface area (Å²) in [5.41, 5.74) is 2.48. The average Bonchev–Trinajstić information content (AvgIpc) is 2.78. The van der Waals surface area contributed by atoms with Crippen LogP contribution in [0.15, 0.2) is 78.9 Å². The van der Waals surface area contributed by atoms with Crippen LogP contribution in [0, 0.1) is 11.6 Å². The highest BCUT2D eigenvalue weighted by atomic mass is 19.1. The minimum Gasteiger partial charge on any atom is -0.390 e. The summed E-state index contributed by atoms with van der Waals surface area (Å²) in [5, 5.41) is 16.8. The van der Waals surface area contributed by atoms with E-state index >= 15 is 0 Å². The van der Waals surface area contributed by atoms with E-state index < -0.39 is 23.8 Å². The maximum absolute atomic E-state index is 13.6. The largest absolute Gasteiger partial charge is 0.390 e. The maximum Gasteiger partial charge on any atom is 0.220 e. The van der Waals surface area contributed by atoms with Crippen LogP contribution >= 0.6 is 0 Å². The quantitative estimate of drug-likeness (QED) is 0.427. The van der Waals surface area contributed by atoms with Crippen LogP contribution in [0.1, 0.15) is 23.1 Å². The van der Waals surface area contributed by atoms with Crippen molar-refractivity contribution < 1.29 is 18.7 Å². The fraction of sp³-hybridized carbons (Fsp3) is 0.269. The number of carbonyl (C=O) groups excluding carboxylic acids is 1. The van der Waals surface area contributed by atoms with Crippen molar-refractivity contribution in [1.29, 1.82) is 0 Å². The summed E-state index contributed by atoms with van der Waals surface area (Å²) in [7, 11) is 0. The van der Waals surface area contributed by atoms with Gasteiger partial charge in [0.15, 0.2) is 0 Å². The van der Waals surface area contributed by atoms with Gasteiger partial charge in [-0.25, -0.2) is 8.78 Å². The van der Waals surface area contributed by atoms with E-state index in [1.807, 2.05) is 60.7 Å². The number of carbonyl (C=O) groups is 1. The van der Waals surface area contributed by atoms with Crippen molar-refractivity contribution in [3.63, 3.8) is 0 Å². The molecule has 3 N–H and O–H groups in total. The van der Waals surface area contributed by atoms with Crippen LogP contribution in [0.3, 0.4) is 0 Å². The molecule has 0 saturated carbocycles. The molecule has 0 aliphatic heterocycles. The predicted octanol–water partition coefficient (Wildman–Crippen LogP) is 3.78. The van der Waals surface area contributed by atoms with E-state index in [-0.39, 0.29) is 25.3 Å². The summed E-state index contributed by atoms with van der Waals surface area (Å²) in [4.78, 5) is 12.6. The second kappa shape index (κ2) is 12.1. The number of aryl methyl sites for hydroxylation is 1. The lowest BCUT2D eigenvalue weighted by atomic mass is 10.00. The first-order chi connectivity index (χ1) is 15.5. The Morgan fingerprint density at radius 1 is 0.844 bits per heavy atom. The van der Waals surface area contributed by atoms with Crippen LogP contribution in [0.5, 0.6) is 0 Å². The van der Waals surface area contributed by atoms with Crippen molar-refractivity contribution in [2.45, 2.75) is 38.0 Å². The molecule has 0 heterocycles. The summed E-state index contributed by atoms with van der Waals surface area (Å²) < 4.78 is 27.3. The average molecular weight is 439 g/mol. The molecule has 0 spiro atoms. The van der Waals surface area contributed by atoms with Gasteiger partial charge in [0.2, 0.25) is 5.91 Å². The zero-order valence-corrected chi connectivity index (χ0v) is 17.8. The zero-order valence-electron chi connectivity index (χ0n) is 17.8. The molecule has 6 heteroatoms. The monoisotopic (exact) mass is 438 g/mol. The highest BCUT2D eigenvalue weighted by Gasteiger charge is 2.22. The molecule has 0 radical (unpaired) electrons. The lowest BCUT2D eigenvalue weighted by Crippen LogP contribution is -2.48. The third-order valence-corrected chi connectivity index (χ3v) is 5.20. The molecule has 0 unspecified atom stereocenters. The Balaban J connectivity index is 1.61. The van der Waals surface area contributed by atoms with Crippen LogP contribution in [-0.2, 0) is 24.2 Å². The molecule has 4 nitrogen and oxygen atoms in total. The van der Waals surface area contributed by atoms with E-state index in [4.69, 9.17) is 0 Å². The first-order valence-electron chi connectivity index (χ1n) is 10.7. The van der Waals surface area contributed by atoms with Crippen molar-refractivity contribution in [3.05, 3.63) is 107 Å². The first kappa shape index (κ1) is 23.6. The van der Waals surface area contributed by atoms with Crippen molar-refractivity contribution >= 4 is 5.91 Å². The minimum atomic E-state index is -0.939. The fourth-order valence-corrected chi connectivity index (χ4v) is 3.55. The summed E-state index contributed by atoms with van der Waals surface area (Å²) in [6, 6.07) is 21.9. The fourth-order valence-electron chi connectivity index (χ4n) is 3.55. The summed E-state index contributed by atoms with van der Waals surface area (Å²) >= 11 is 0. The first-order valence-corrected chi connectivity index (χ1v) is 10.7. The normalized spacial score (nSPS) is 12.8. The van der Waals surface area contributed by atoms with Crippen molar-refractivity contribution in [2.75, 3.05) is 6.54 Å². The zero-order chi connectivity index (χ0) is 22.8. The van der Waals surface area contributed by atoms with Gasteiger partial charge in [0.05, 0.1) is 12.1 Å². The Bertz CT molecular complexity index is 963. The Morgan fingerprint density at radius 3 is 2.06 bits per heavy atom. The smallest absolute Gasteiger partial charge is 0.220 e. The second-order valence-electron chi connectivity index (χ2n) is 7.83. The Hall–Kier alpha value is -3.09. The van der Waals surface area contributed by atoms with Crippen LogP contribution < -0.4 is 10.6 Å². The van der Waals surface area contributed by atoms with Crippen molar-refractivity contribution in [1.82, 2.24) is 10.6 Å². The van der Waals surface area contributed by atoms with Gasteiger partial charge in [-0.05, 0) is 41.7 Å². The maximum atomic E-state index is 13.6. The summed E-state index contributed by atoms with van der Waals surface area (Å²) in [6.45, 7) is 0.775. The third-order valence-electron chi connectivity index (χ3n) is 5.20. The van der Waals surface area contributed by atoms with Gasteiger partial charge in [0.25, 0.3) is 0 Å². The van der Waals surface area contributed by atoms with Gasteiger partial charge in [-0.1, -0.05) is 60.7 Å². The molecule has 0 aliphatic carbocycles. The van der Waals surface area contributed by atoms with Crippen LogP contribution in [-0.4, -0.2) is 29.7 Å². The summed E-state index contributed by atoms with van der Waals surface area (Å²) in [6.07, 6.45) is -0.0101. The van der Waals surface area contributed by atoms with Gasteiger partial charge < -0.3 is 15.7 Å². The molecular weight excluding hydrogens is 410 g/mol. The molecule has 0 aromatic heterocycles. The lowest BCUT2D eigenvalue weighted by Gasteiger charge is -2.25. The molecule has 0 saturated heterocycles. The Morgan fingerprint density at radius 2 is 1.44 bits per heavy atom. The van der Waals surface area contributed by atoms with Gasteiger partial charge in [-0.15, -0.1) is 0 Å². The number of amides is 1. The van der Waals surface area contributed by atoms with Gasteiger partial charge in [-0.2, -0.15) is 0 Å². The van der Waals surface area contributed by atoms with Crippen LogP contribution in [0.2, 0.25) is 0 Å². The van der Waals surface area contributed by atoms with E-state index in [0.29, 0.717) is 18.5 Å². The number of hydrogen-bond donors (Lipinski definition) is 3. The molecule has 168 valence electrons. The summed E-state index contributed by atoms with van der Waals surface area (Å²) in [5.74, 6) is -1.60. The van der Waals surface area contributed by atoms with Crippen LogP contribution in [0.25, 0.3) is 0 Å².